The highest BCUT2D eigenvalue weighted by Crippen LogP contribution is 2.27. The van der Waals surface area contributed by atoms with Crippen molar-refractivity contribution in [1.82, 2.24) is 4.90 Å². The van der Waals surface area contributed by atoms with Crippen LogP contribution >= 0.6 is 11.3 Å². The first kappa shape index (κ1) is 12.6. The van der Waals surface area contributed by atoms with E-state index in [4.69, 9.17) is 0 Å². The van der Waals surface area contributed by atoms with E-state index in [2.05, 4.69) is 0 Å². The number of hydrogen-bond donors (Lipinski definition) is 1. The van der Waals surface area contributed by atoms with E-state index in [1.165, 1.54) is 0 Å². The number of aliphatic hydroxyl groups is 1. The highest BCUT2D eigenvalue weighted by Gasteiger charge is 2.31. The highest BCUT2D eigenvalue weighted by molar-refractivity contribution is 7.10. The van der Waals surface area contributed by atoms with Crippen LogP contribution in [0.5, 0.6) is 0 Å². The number of nitrogens with zero attached hydrogens (tertiary/aromatic N) is 1. The third-order valence-electron chi connectivity index (χ3n) is 3.56. The zero-order chi connectivity index (χ0) is 12.4. The third kappa shape index (κ3) is 2.69. The number of hydrogen-bond acceptors (Lipinski definition) is 3. The van der Waals surface area contributed by atoms with E-state index < -0.39 is 0 Å². The molecule has 3 unspecified atom stereocenters. The fourth-order valence-corrected chi connectivity index (χ4v) is 3.09. The van der Waals surface area contributed by atoms with Gasteiger partial charge in [0.05, 0.1) is 12.0 Å². The molecule has 3 atom stereocenters. The normalized spacial score (nSPS) is 23.7. The summed E-state index contributed by atoms with van der Waals surface area (Å²) in [5, 5.41) is 11.5. The molecule has 1 saturated heterocycles. The minimum atomic E-state index is -0.315. The molecule has 3 nitrogen and oxygen atoms in total. The van der Waals surface area contributed by atoms with Gasteiger partial charge in [0.2, 0.25) is 5.91 Å². The zero-order valence-corrected chi connectivity index (χ0v) is 11.1. The molecule has 0 aliphatic carbocycles. The first-order chi connectivity index (χ1) is 8.09. The van der Waals surface area contributed by atoms with E-state index in [9.17, 15) is 9.90 Å². The van der Waals surface area contributed by atoms with Crippen molar-refractivity contribution in [3.63, 3.8) is 0 Å². The Morgan fingerprint density at radius 3 is 2.88 bits per heavy atom. The van der Waals surface area contributed by atoms with Crippen LogP contribution in [0.15, 0.2) is 17.5 Å². The van der Waals surface area contributed by atoms with Gasteiger partial charge < -0.3 is 10.0 Å². The lowest BCUT2D eigenvalue weighted by Crippen LogP contribution is -2.33. The number of likely N-dealkylation sites (tertiary alicyclic amines) is 1. The molecular formula is C13H19NO2S. The number of rotatable bonds is 3. The summed E-state index contributed by atoms with van der Waals surface area (Å²) in [6.07, 6.45) is 0.602. The van der Waals surface area contributed by atoms with Crippen LogP contribution in [0.2, 0.25) is 0 Å². The minimum Gasteiger partial charge on any atom is -0.393 e. The van der Waals surface area contributed by atoms with Crippen LogP contribution in [0.25, 0.3) is 0 Å². The average molecular weight is 253 g/mol. The van der Waals surface area contributed by atoms with E-state index in [1.54, 1.807) is 18.3 Å². The molecule has 1 N–H and O–H groups in total. The zero-order valence-electron chi connectivity index (χ0n) is 10.3. The molecule has 2 heterocycles. The molecule has 94 valence electrons. The van der Waals surface area contributed by atoms with E-state index in [-0.39, 0.29) is 23.8 Å². The Kier molecular flexibility index (Phi) is 3.84. The van der Waals surface area contributed by atoms with E-state index in [0.717, 1.165) is 17.8 Å². The number of carbonyl (C=O) groups excluding carboxylic acids is 1. The van der Waals surface area contributed by atoms with Crippen LogP contribution in [-0.2, 0) is 4.79 Å². The van der Waals surface area contributed by atoms with Crippen LogP contribution < -0.4 is 0 Å². The molecule has 0 aromatic carbocycles. The maximum Gasteiger partial charge on any atom is 0.230 e. The first-order valence-corrected chi connectivity index (χ1v) is 6.98. The lowest BCUT2D eigenvalue weighted by molar-refractivity contribution is -0.131. The van der Waals surface area contributed by atoms with Crippen LogP contribution in [0.1, 0.15) is 31.1 Å². The largest absolute Gasteiger partial charge is 0.393 e. The van der Waals surface area contributed by atoms with Gasteiger partial charge in [0.15, 0.2) is 0 Å². The van der Waals surface area contributed by atoms with Crippen molar-refractivity contribution >= 4 is 17.2 Å². The Morgan fingerprint density at radius 2 is 2.35 bits per heavy atom. The molecule has 0 saturated carbocycles. The molecule has 4 heteroatoms. The van der Waals surface area contributed by atoms with Gasteiger partial charge in [-0.15, -0.1) is 11.3 Å². The summed E-state index contributed by atoms with van der Waals surface area (Å²) in [4.78, 5) is 15.3. The van der Waals surface area contributed by atoms with Gasteiger partial charge in [0.1, 0.15) is 0 Å². The summed E-state index contributed by atoms with van der Waals surface area (Å²) < 4.78 is 0. The Balaban J connectivity index is 1.97. The summed E-state index contributed by atoms with van der Waals surface area (Å²) in [7, 11) is 0. The van der Waals surface area contributed by atoms with E-state index in [1.807, 2.05) is 29.3 Å². The summed E-state index contributed by atoms with van der Waals surface area (Å²) in [6, 6.07) is 3.99. The fourth-order valence-electron chi connectivity index (χ4n) is 2.31. The molecule has 2 rings (SSSR count). The van der Waals surface area contributed by atoms with Crippen molar-refractivity contribution in [3.8, 4) is 0 Å². The van der Waals surface area contributed by atoms with Crippen molar-refractivity contribution in [2.75, 3.05) is 13.1 Å². The quantitative estimate of drug-likeness (QED) is 0.896. The minimum absolute atomic E-state index is 0.0530. The molecule has 1 fully saturated rings. The number of thiophene rings is 1. The van der Waals surface area contributed by atoms with Crippen LogP contribution in [0.4, 0.5) is 0 Å². The highest BCUT2D eigenvalue weighted by atomic mass is 32.1. The van der Waals surface area contributed by atoms with Crippen molar-refractivity contribution in [2.24, 2.45) is 5.92 Å². The van der Waals surface area contributed by atoms with Gasteiger partial charge in [-0.05, 0) is 31.7 Å². The summed E-state index contributed by atoms with van der Waals surface area (Å²) in [6.45, 7) is 5.25. The molecule has 1 aromatic rings. The monoisotopic (exact) mass is 253 g/mol. The van der Waals surface area contributed by atoms with Gasteiger partial charge in [-0.3, -0.25) is 4.79 Å². The number of amides is 1. The molecule has 1 aromatic heterocycles. The maximum absolute atomic E-state index is 12.3. The van der Waals surface area contributed by atoms with Gasteiger partial charge in [-0.25, -0.2) is 0 Å². The SMILES string of the molecule is CC(C(=O)N1CCC(C(C)O)C1)c1cccs1. The van der Waals surface area contributed by atoms with E-state index in [0.29, 0.717) is 6.54 Å². The molecule has 17 heavy (non-hydrogen) atoms. The van der Waals surface area contributed by atoms with Gasteiger partial charge >= 0.3 is 0 Å². The standard InChI is InChI=1S/C13H19NO2S/c1-9(12-4-3-7-17-12)13(16)14-6-5-11(8-14)10(2)15/h3-4,7,9-11,15H,5-6,8H2,1-2H3. The summed E-state index contributed by atoms with van der Waals surface area (Å²) >= 11 is 1.63. The molecule has 0 bridgehead atoms. The Hall–Kier alpha value is -0.870. The first-order valence-electron chi connectivity index (χ1n) is 6.10. The Bertz CT molecular complexity index is 375. The molecular weight excluding hydrogens is 234 g/mol. The van der Waals surface area contributed by atoms with Crippen LogP contribution in [0.3, 0.4) is 0 Å². The molecule has 1 amide bonds. The fraction of sp³-hybridized carbons (Fsp3) is 0.615. The second kappa shape index (κ2) is 5.19. The van der Waals surface area contributed by atoms with Crippen molar-refractivity contribution in [3.05, 3.63) is 22.4 Å². The van der Waals surface area contributed by atoms with Crippen molar-refractivity contribution in [2.45, 2.75) is 32.3 Å². The summed E-state index contributed by atoms with van der Waals surface area (Å²) in [5.74, 6) is 0.382. The molecule has 0 spiro atoms. The molecule has 1 aliphatic rings. The Labute approximate surface area is 106 Å². The lowest BCUT2D eigenvalue weighted by atomic mass is 10.0. The van der Waals surface area contributed by atoms with Crippen molar-refractivity contribution in [1.29, 1.82) is 0 Å². The van der Waals surface area contributed by atoms with Crippen LogP contribution in [-0.4, -0.2) is 35.1 Å². The maximum atomic E-state index is 12.3. The third-order valence-corrected chi connectivity index (χ3v) is 4.61. The molecule has 1 aliphatic heterocycles. The second-order valence-corrected chi connectivity index (χ2v) is 5.79. The van der Waals surface area contributed by atoms with Gasteiger partial charge in [0, 0.05) is 23.9 Å². The van der Waals surface area contributed by atoms with Crippen LogP contribution in [0, 0.1) is 5.92 Å². The van der Waals surface area contributed by atoms with Crippen molar-refractivity contribution < 1.29 is 9.90 Å². The van der Waals surface area contributed by atoms with Gasteiger partial charge in [-0.2, -0.15) is 0 Å². The summed E-state index contributed by atoms with van der Waals surface area (Å²) in [5.41, 5.74) is 0. The molecule has 0 radical (unpaired) electrons. The predicted octanol–water partition coefficient (Wildman–Crippen LogP) is 2.08. The Morgan fingerprint density at radius 1 is 1.59 bits per heavy atom. The lowest BCUT2D eigenvalue weighted by Gasteiger charge is -2.21. The van der Waals surface area contributed by atoms with Gasteiger partial charge in [0.25, 0.3) is 0 Å². The second-order valence-electron chi connectivity index (χ2n) is 4.81. The number of carbonyl (C=O) groups is 1. The smallest absolute Gasteiger partial charge is 0.230 e. The predicted molar refractivity (Wildman–Crippen MR) is 69.1 cm³/mol. The number of aliphatic hydroxyl groups excluding tert-OH is 1. The average Bonchev–Trinajstić information content (AvgIpc) is 2.97. The topological polar surface area (TPSA) is 40.5 Å². The van der Waals surface area contributed by atoms with Gasteiger partial charge in [-0.1, -0.05) is 6.07 Å². The van der Waals surface area contributed by atoms with E-state index >= 15 is 0 Å².